The van der Waals surface area contributed by atoms with Crippen LogP contribution in [0.1, 0.15) is 16.7 Å². The van der Waals surface area contributed by atoms with Crippen molar-refractivity contribution in [3.05, 3.63) is 65.2 Å². The van der Waals surface area contributed by atoms with E-state index in [4.69, 9.17) is 0 Å². The van der Waals surface area contributed by atoms with Crippen molar-refractivity contribution in [2.24, 2.45) is 0 Å². The van der Waals surface area contributed by atoms with Gasteiger partial charge in [0.05, 0.1) is 5.69 Å². The van der Waals surface area contributed by atoms with Gasteiger partial charge in [0.2, 0.25) is 5.91 Å². The van der Waals surface area contributed by atoms with Crippen LogP contribution in [0.4, 0.5) is 5.69 Å². The fourth-order valence-corrected chi connectivity index (χ4v) is 1.87. The van der Waals surface area contributed by atoms with Crippen LogP contribution in [0.5, 0.6) is 5.75 Å². The number of amides is 1. The smallest absolute Gasteiger partial charge is 0.248 e. The van der Waals surface area contributed by atoms with E-state index < -0.39 is 0 Å². The highest BCUT2D eigenvalue weighted by molar-refractivity contribution is 6.02. The van der Waals surface area contributed by atoms with Crippen molar-refractivity contribution >= 4 is 17.7 Å². The molecule has 0 aliphatic heterocycles. The molecule has 3 nitrogen and oxygen atoms in total. The summed E-state index contributed by atoms with van der Waals surface area (Å²) in [5, 5.41) is 12.4. The minimum Gasteiger partial charge on any atom is -0.506 e. The number of phenolic OH excluding ortho intramolecular Hbond substituents is 1. The Morgan fingerprint density at radius 2 is 1.85 bits per heavy atom. The molecule has 0 spiro atoms. The molecule has 0 saturated heterocycles. The van der Waals surface area contributed by atoms with Gasteiger partial charge in [-0.3, -0.25) is 4.79 Å². The van der Waals surface area contributed by atoms with Crippen LogP contribution in [0, 0.1) is 13.8 Å². The average molecular weight is 267 g/mol. The number of aromatic hydroxyl groups is 1. The first-order chi connectivity index (χ1) is 9.54. The zero-order chi connectivity index (χ0) is 14.5. The van der Waals surface area contributed by atoms with Gasteiger partial charge in [0.25, 0.3) is 0 Å². The predicted octanol–water partition coefficient (Wildman–Crippen LogP) is 3.66. The van der Waals surface area contributed by atoms with E-state index >= 15 is 0 Å². The molecular formula is C17H17NO2. The van der Waals surface area contributed by atoms with Gasteiger partial charge in [-0.1, -0.05) is 35.9 Å². The molecule has 0 atom stereocenters. The van der Waals surface area contributed by atoms with Crippen molar-refractivity contribution in [2.75, 3.05) is 5.32 Å². The van der Waals surface area contributed by atoms with E-state index in [0.29, 0.717) is 5.69 Å². The summed E-state index contributed by atoms with van der Waals surface area (Å²) >= 11 is 0. The number of anilines is 1. The molecule has 2 aromatic rings. The van der Waals surface area contributed by atoms with Crippen molar-refractivity contribution < 1.29 is 9.90 Å². The Morgan fingerprint density at radius 3 is 2.55 bits per heavy atom. The highest BCUT2D eigenvalue weighted by Gasteiger charge is 2.03. The van der Waals surface area contributed by atoms with E-state index in [0.717, 1.165) is 16.7 Å². The van der Waals surface area contributed by atoms with Crippen molar-refractivity contribution in [1.82, 2.24) is 0 Å². The number of phenols is 1. The summed E-state index contributed by atoms with van der Waals surface area (Å²) in [5.74, 6) is -0.201. The highest BCUT2D eigenvalue weighted by atomic mass is 16.3. The Kier molecular flexibility index (Phi) is 4.20. The van der Waals surface area contributed by atoms with Crippen LogP contribution < -0.4 is 5.32 Å². The van der Waals surface area contributed by atoms with Crippen LogP contribution >= 0.6 is 0 Å². The number of benzene rings is 2. The van der Waals surface area contributed by atoms with Crippen LogP contribution in [0.15, 0.2) is 48.5 Å². The number of aryl methyl sites for hydroxylation is 2. The first kappa shape index (κ1) is 13.9. The zero-order valence-corrected chi connectivity index (χ0v) is 11.6. The predicted molar refractivity (Wildman–Crippen MR) is 81.7 cm³/mol. The molecule has 20 heavy (non-hydrogen) atoms. The highest BCUT2D eigenvalue weighted by Crippen LogP contribution is 2.23. The molecule has 0 radical (unpaired) electrons. The van der Waals surface area contributed by atoms with Gasteiger partial charge in [-0.15, -0.1) is 0 Å². The first-order valence-electron chi connectivity index (χ1n) is 6.40. The number of hydrogen-bond donors (Lipinski definition) is 2. The van der Waals surface area contributed by atoms with Crippen molar-refractivity contribution in [2.45, 2.75) is 13.8 Å². The molecule has 2 rings (SSSR count). The second kappa shape index (κ2) is 6.06. The van der Waals surface area contributed by atoms with Crippen molar-refractivity contribution in [1.29, 1.82) is 0 Å². The second-order valence-corrected chi connectivity index (χ2v) is 4.76. The summed E-state index contributed by atoms with van der Waals surface area (Å²) in [5.41, 5.74) is 3.46. The molecule has 0 aliphatic carbocycles. The summed E-state index contributed by atoms with van der Waals surface area (Å²) in [6, 6.07) is 13.0. The van der Waals surface area contributed by atoms with Crippen molar-refractivity contribution in [3.8, 4) is 5.75 Å². The lowest BCUT2D eigenvalue weighted by Gasteiger charge is -2.05. The van der Waals surface area contributed by atoms with E-state index in [1.807, 2.05) is 44.2 Å². The Bertz CT molecular complexity index is 660. The van der Waals surface area contributed by atoms with E-state index in [2.05, 4.69) is 5.32 Å². The Hall–Kier alpha value is -2.55. The van der Waals surface area contributed by atoms with Crippen LogP contribution in [0.25, 0.3) is 6.08 Å². The zero-order valence-electron chi connectivity index (χ0n) is 11.6. The molecule has 0 fully saturated rings. The lowest BCUT2D eigenvalue weighted by Crippen LogP contribution is -2.07. The Labute approximate surface area is 118 Å². The number of carbonyl (C=O) groups excluding carboxylic acids is 1. The van der Waals surface area contributed by atoms with Crippen molar-refractivity contribution in [3.63, 3.8) is 0 Å². The topological polar surface area (TPSA) is 49.3 Å². The fourth-order valence-electron chi connectivity index (χ4n) is 1.87. The maximum Gasteiger partial charge on any atom is 0.248 e. The van der Waals surface area contributed by atoms with Gasteiger partial charge < -0.3 is 10.4 Å². The minimum absolute atomic E-state index is 0.0716. The normalized spacial score (nSPS) is 10.7. The molecule has 0 bridgehead atoms. The third-order valence-electron chi connectivity index (χ3n) is 2.88. The number of carbonyl (C=O) groups is 1. The lowest BCUT2D eigenvalue weighted by atomic mass is 10.1. The molecule has 3 heteroatoms. The molecule has 2 N–H and O–H groups in total. The molecular weight excluding hydrogens is 250 g/mol. The van der Waals surface area contributed by atoms with Crippen LogP contribution in [-0.4, -0.2) is 11.0 Å². The minimum atomic E-state index is -0.273. The number of hydrogen-bond acceptors (Lipinski definition) is 2. The van der Waals surface area contributed by atoms with E-state index in [9.17, 15) is 9.90 Å². The third-order valence-corrected chi connectivity index (χ3v) is 2.88. The largest absolute Gasteiger partial charge is 0.506 e. The summed E-state index contributed by atoms with van der Waals surface area (Å²) in [6.07, 6.45) is 3.20. The molecule has 0 aromatic heterocycles. The van der Waals surface area contributed by atoms with Crippen LogP contribution in [0.3, 0.4) is 0 Å². The third kappa shape index (κ3) is 3.72. The fraction of sp³-hybridized carbons (Fsp3) is 0.118. The van der Waals surface area contributed by atoms with Crippen LogP contribution in [0.2, 0.25) is 0 Å². The monoisotopic (exact) mass is 267 g/mol. The first-order valence-corrected chi connectivity index (χ1v) is 6.40. The molecule has 0 saturated carbocycles. The summed E-state index contributed by atoms with van der Waals surface area (Å²) in [6.45, 7) is 3.88. The number of rotatable bonds is 3. The van der Waals surface area contributed by atoms with E-state index in [1.165, 1.54) is 6.08 Å². The second-order valence-electron chi connectivity index (χ2n) is 4.76. The SMILES string of the molecule is Cc1cccc(/C=C/C(=O)Nc2ccc(C)cc2O)c1. The summed E-state index contributed by atoms with van der Waals surface area (Å²) < 4.78 is 0. The molecule has 1 amide bonds. The summed E-state index contributed by atoms with van der Waals surface area (Å²) in [4.78, 5) is 11.8. The van der Waals surface area contributed by atoms with Gasteiger partial charge in [-0.05, 0) is 43.2 Å². The molecule has 0 heterocycles. The van der Waals surface area contributed by atoms with E-state index in [-0.39, 0.29) is 11.7 Å². The van der Waals surface area contributed by atoms with E-state index in [1.54, 1.807) is 18.2 Å². The molecule has 0 unspecified atom stereocenters. The van der Waals surface area contributed by atoms with Gasteiger partial charge >= 0.3 is 0 Å². The van der Waals surface area contributed by atoms with Gasteiger partial charge in [0.15, 0.2) is 0 Å². The summed E-state index contributed by atoms with van der Waals surface area (Å²) in [7, 11) is 0. The number of nitrogens with one attached hydrogen (secondary N) is 1. The van der Waals surface area contributed by atoms with Gasteiger partial charge in [0.1, 0.15) is 5.75 Å². The van der Waals surface area contributed by atoms with Crippen LogP contribution in [-0.2, 0) is 4.79 Å². The Morgan fingerprint density at radius 1 is 1.10 bits per heavy atom. The Balaban J connectivity index is 2.05. The standard InChI is InChI=1S/C17H17NO2/c1-12-4-3-5-14(10-12)7-9-17(20)18-15-8-6-13(2)11-16(15)19/h3-11,19H,1-2H3,(H,18,20)/b9-7+. The lowest BCUT2D eigenvalue weighted by molar-refractivity contribution is -0.111. The maximum atomic E-state index is 11.8. The molecule has 0 aliphatic rings. The maximum absolute atomic E-state index is 11.8. The quantitative estimate of drug-likeness (QED) is 0.658. The molecule has 2 aromatic carbocycles. The average Bonchev–Trinajstić information content (AvgIpc) is 2.40. The molecule has 102 valence electrons. The van der Waals surface area contributed by atoms with Gasteiger partial charge in [-0.2, -0.15) is 0 Å². The van der Waals surface area contributed by atoms with Gasteiger partial charge in [0, 0.05) is 6.08 Å². The van der Waals surface area contributed by atoms with Gasteiger partial charge in [-0.25, -0.2) is 0 Å².